The number of anilines is 1. The standard InChI is InChI=1S/C32H42N4O6S2/c1-21(2)17-27(28(37)18-22(3)30(38)34-23(4)31(39)33-20-24-11-7-6-8-12-24)35-32(40)25-13-9-14-26(19-25)36(5)44(41,42)29-15-10-16-43-29/h6-16,19,21-23,27-28,37H,17-18,20H2,1-5H3,(H,33,39)(H,34,38)(H,35,40)/t22-,23+,27+,28+/m1/s1. The predicted octanol–water partition coefficient (Wildman–Crippen LogP) is 3.93. The molecule has 0 fully saturated rings. The number of benzene rings is 2. The van der Waals surface area contributed by atoms with Crippen LogP contribution >= 0.6 is 11.3 Å². The van der Waals surface area contributed by atoms with E-state index in [2.05, 4.69) is 16.0 Å². The molecule has 0 saturated carbocycles. The highest BCUT2D eigenvalue weighted by Crippen LogP contribution is 2.26. The molecule has 0 spiro atoms. The summed E-state index contributed by atoms with van der Waals surface area (Å²) in [5.74, 6) is -1.69. The van der Waals surface area contributed by atoms with E-state index in [0.717, 1.165) is 21.2 Å². The lowest BCUT2D eigenvalue weighted by Crippen LogP contribution is -2.48. The molecule has 0 aliphatic carbocycles. The van der Waals surface area contributed by atoms with E-state index in [4.69, 9.17) is 0 Å². The van der Waals surface area contributed by atoms with Gasteiger partial charge in [0.2, 0.25) is 11.8 Å². The molecular weight excluding hydrogens is 601 g/mol. The summed E-state index contributed by atoms with van der Waals surface area (Å²) in [7, 11) is -2.35. The van der Waals surface area contributed by atoms with Gasteiger partial charge in [0.1, 0.15) is 10.3 Å². The Kier molecular flexibility index (Phi) is 12.5. The lowest BCUT2D eigenvalue weighted by atomic mass is 9.92. The lowest BCUT2D eigenvalue weighted by Gasteiger charge is -2.28. The van der Waals surface area contributed by atoms with E-state index >= 15 is 0 Å². The fourth-order valence-corrected chi connectivity index (χ4v) is 6.94. The summed E-state index contributed by atoms with van der Waals surface area (Å²) in [6.45, 7) is 7.52. The third-order valence-electron chi connectivity index (χ3n) is 7.19. The van der Waals surface area contributed by atoms with Crippen molar-refractivity contribution in [1.29, 1.82) is 0 Å². The molecule has 3 aromatic rings. The van der Waals surface area contributed by atoms with Crippen LogP contribution < -0.4 is 20.3 Å². The van der Waals surface area contributed by atoms with Crippen molar-refractivity contribution in [1.82, 2.24) is 16.0 Å². The Morgan fingerprint density at radius 1 is 0.886 bits per heavy atom. The van der Waals surface area contributed by atoms with Gasteiger partial charge in [0.25, 0.3) is 15.9 Å². The number of carbonyl (C=O) groups is 3. The molecule has 0 unspecified atom stereocenters. The summed E-state index contributed by atoms with van der Waals surface area (Å²) in [4.78, 5) is 38.7. The van der Waals surface area contributed by atoms with Crippen LogP contribution in [0.2, 0.25) is 0 Å². The smallest absolute Gasteiger partial charge is 0.273 e. The van der Waals surface area contributed by atoms with Crippen LogP contribution in [0.5, 0.6) is 0 Å². The number of hydrogen-bond acceptors (Lipinski definition) is 7. The zero-order chi connectivity index (χ0) is 32.4. The van der Waals surface area contributed by atoms with Gasteiger partial charge in [-0.25, -0.2) is 8.42 Å². The van der Waals surface area contributed by atoms with E-state index in [0.29, 0.717) is 18.7 Å². The van der Waals surface area contributed by atoms with E-state index in [1.165, 1.54) is 19.2 Å². The molecule has 0 radical (unpaired) electrons. The second kappa shape index (κ2) is 15.8. The van der Waals surface area contributed by atoms with Crippen LogP contribution in [0.25, 0.3) is 0 Å². The van der Waals surface area contributed by atoms with E-state index in [1.807, 2.05) is 44.2 Å². The first-order valence-electron chi connectivity index (χ1n) is 14.5. The average Bonchev–Trinajstić information content (AvgIpc) is 3.55. The quantitative estimate of drug-likeness (QED) is 0.198. The molecular formula is C32H42N4O6S2. The first-order chi connectivity index (χ1) is 20.8. The molecule has 1 heterocycles. The number of aliphatic hydroxyl groups is 1. The van der Waals surface area contributed by atoms with Crippen molar-refractivity contribution in [2.75, 3.05) is 11.4 Å². The van der Waals surface area contributed by atoms with Gasteiger partial charge >= 0.3 is 0 Å². The zero-order valence-electron chi connectivity index (χ0n) is 25.7. The molecule has 4 N–H and O–H groups in total. The number of amides is 3. The summed E-state index contributed by atoms with van der Waals surface area (Å²) in [6, 6.07) is 17.4. The average molecular weight is 643 g/mol. The number of thiophene rings is 1. The molecule has 3 amide bonds. The molecule has 3 rings (SSSR count). The molecule has 0 aliphatic rings. The van der Waals surface area contributed by atoms with Gasteiger partial charge in [0.05, 0.1) is 17.8 Å². The lowest BCUT2D eigenvalue weighted by molar-refractivity contribution is -0.131. The van der Waals surface area contributed by atoms with Crippen LogP contribution in [0, 0.1) is 11.8 Å². The molecule has 0 aliphatic heterocycles. The maximum Gasteiger partial charge on any atom is 0.273 e. The van der Waals surface area contributed by atoms with Crippen LogP contribution in [0.4, 0.5) is 5.69 Å². The Balaban J connectivity index is 1.61. The maximum absolute atomic E-state index is 13.3. The minimum Gasteiger partial charge on any atom is -0.391 e. The van der Waals surface area contributed by atoms with Crippen molar-refractivity contribution in [3.63, 3.8) is 0 Å². The van der Waals surface area contributed by atoms with Crippen LogP contribution in [-0.2, 0) is 26.2 Å². The van der Waals surface area contributed by atoms with Crippen molar-refractivity contribution in [2.45, 2.75) is 69.5 Å². The van der Waals surface area contributed by atoms with Gasteiger partial charge in [-0.1, -0.05) is 63.2 Å². The maximum atomic E-state index is 13.3. The summed E-state index contributed by atoms with van der Waals surface area (Å²) >= 11 is 1.11. The largest absolute Gasteiger partial charge is 0.391 e. The number of hydrogen-bond donors (Lipinski definition) is 4. The zero-order valence-corrected chi connectivity index (χ0v) is 27.3. The number of nitrogens with zero attached hydrogens (tertiary/aromatic N) is 1. The highest BCUT2D eigenvalue weighted by molar-refractivity contribution is 7.94. The fourth-order valence-electron chi connectivity index (χ4n) is 4.59. The minimum absolute atomic E-state index is 0.0592. The van der Waals surface area contributed by atoms with Gasteiger partial charge < -0.3 is 21.1 Å². The van der Waals surface area contributed by atoms with Gasteiger partial charge in [-0.3, -0.25) is 18.7 Å². The topological polar surface area (TPSA) is 145 Å². The number of sulfonamides is 1. The van der Waals surface area contributed by atoms with Crippen LogP contribution in [0.3, 0.4) is 0 Å². The van der Waals surface area contributed by atoms with Gasteiger partial charge in [-0.05, 0) is 60.9 Å². The third kappa shape index (κ3) is 9.63. The van der Waals surface area contributed by atoms with E-state index < -0.39 is 40.0 Å². The Morgan fingerprint density at radius 2 is 1.59 bits per heavy atom. The van der Waals surface area contributed by atoms with Gasteiger partial charge in [-0.2, -0.15) is 0 Å². The molecule has 12 heteroatoms. The number of carbonyl (C=O) groups excluding carboxylic acids is 3. The Hall–Kier alpha value is -3.74. The van der Waals surface area contributed by atoms with Crippen LogP contribution in [0.15, 0.2) is 76.3 Å². The third-order valence-corrected chi connectivity index (χ3v) is 10.4. The summed E-state index contributed by atoms with van der Waals surface area (Å²) in [5, 5.41) is 21.2. The molecule has 2 aromatic carbocycles. The number of nitrogens with one attached hydrogen (secondary N) is 3. The van der Waals surface area contributed by atoms with Crippen LogP contribution in [-0.4, -0.2) is 56.5 Å². The molecule has 1 aromatic heterocycles. The number of rotatable bonds is 15. The second-order valence-corrected chi connectivity index (χ2v) is 14.4. The SMILES string of the molecule is CC(C)C[C@H](NC(=O)c1cccc(N(C)S(=O)(=O)c2cccs2)c1)[C@@H](O)C[C@@H](C)C(=O)N[C@@H](C)C(=O)NCc1ccccc1. The first kappa shape index (κ1) is 34.7. The van der Waals surface area contributed by atoms with Crippen molar-refractivity contribution >= 4 is 44.8 Å². The van der Waals surface area contributed by atoms with E-state index in [-0.39, 0.29) is 33.9 Å². The van der Waals surface area contributed by atoms with Crippen molar-refractivity contribution < 1.29 is 27.9 Å². The van der Waals surface area contributed by atoms with Crippen molar-refractivity contribution in [3.8, 4) is 0 Å². The monoisotopic (exact) mass is 642 g/mol. The Labute approximate surface area is 263 Å². The normalized spacial score (nSPS) is 14.2. The molecule has 0 bridgehead atoms. The van der Waals surface area contributed by atoms with Crippen molar-refractivity contribution in [3.05, 3.63) is 83.2 Å². The van der Waals surface area contributed by atoms with Gasteiger partial charge in [0.15, 0.2) is 0 Å². The number of aliphatic hydroxyl groups excluding tert-OH is 1. The fraction of sp³-hybridized carbons (Fsp3) is 0.406. The van der Waals surface area contributed by atoms with Crippen molar-refractivity contribution in [2.24, 2.45) is 11.8 Å². The molecule has 4 atom stereocenters. The first-order valence-corrected chi connectivity index (χ1v) is 16.8. The molecule has 44 heavy (non-hydrogen) atoms. The highest BCUT2D eigenvalue weighted by atomic mass is 32.2. The highest BCUT2D eigenvalue weighted by Gasteiger charge is 2.29. The Morgan fingerprint density at radius 3 is 2.23 bits per heavy atom. The second-order valence-electron chi connectivity index (χ2n) is 11.3. The van der Waals surface area contributed by atoms with Gasteiger partial charge in [-0.15, -0.1) is 11.3 Å². The minimum atomic E-state index is -3.78. The molecule has 238 valence electrons. The Bertz CT molecular complexity index is 1500. The summed E-state index contributed by atoms with van der Waals surface area (Å²) in [5.41, 5.74) is 1.49. The van der Waals surface area contributed by atoms with E-state index in [1.54, 1.807) is 43.5 Å². The van der Waals surface area contributed by atoms with E-state index in [9.17, 15) is 27.9 Å². The van der Waals surface area contributed by atoms with Gasteiger partial charge in [0, 0.05) is 25.1 Å². The summed E-state index contributed by atoms with van der Waals surface area (Å²) < 4.78 is 27.2. The summed E-state index contributed by atoms with van der Waals surface area (Å²) in [6.07, 6.45) is -0.537. The molecule has 10 nitrogen and oxygen atoms in total. The molecule has 0 saturated heterocycles. The van der Waals surface area contributed by atoms with Crippen LogP contribution in [0.1, 0.15) is 56.5 Å². The predicted molar refractivity (Wildman–Crippen MR) is 173 cm³/mol.